The quantitative estimate of drug-likeness (QED) is 0.818. The molecule has 0 aliphatic heterocycles. The van der Waals surface area contributed by atoms with E-state index in [2.05, 4.69) is 0 Å². The number of ketones is 1. The maximum Gasteiger partial charge on any atom is 0.203 e. The Morgan fingerprint density at radius 1 is 1.05 bits per heavy atom. The average molecular weight is 307 g/mol. The smallest absolute Gasteiger partial charge is 0.203 e. The molecule has 1 saturated carbocycles. The Balaban J connectivity index is 2.25. The second kappa shape index (κ2) is 7.01. The van der Waals surface area contributed by atoms with Gasteiger partial charge >= 0.3 is 0 Å². The van der Waals surface area contributed by atoms with E-state index in [0.717, 1.165) is 25.7 Å². The summed E-state index contributed by atoms with van der Waals surface area (Å²) in [5.74, 6) is 1.48. The van der Waals surface area contributed by atoms with E-state index < -0.39 is 0 Å². The summed E-state index contributed by atoms with van der Waals surface area (Å²) in [6, 6.07) is 3.38. The lowest BCUT2D eigenvalue weighted by atomic mass is 9.78. The van der Waals surface area contributed by atoms with Crippen LogP contribution in [0.2, 0.25) is 0 Å². The van der Waals surface area contributed by atoms with Crippen molar-refractivity contribution in [3.63, 3.8) is 0 Å². The Labute approximate surface area is 131 Å². The molecule has 2 rings (SSSR count). The molecule has 1 aliphatic rings. The number of hydrogen-bond acceptors (Lipinski definition) is 5. The summed E-state index contributed by atoms with van der Waals surface area (Å²) in [4.78, 5) is 12.6. The first-order valence-electron chi connectivity index (χ1n) is 7.65. The normalized spacial score (nSPS) is 16.9. The molecule has 0 spiro atoms. The van der Waals surface area contributed by atoms with E-state index in [1.54, 1.807) is 19.2 Å². The molecule has 0 atom stereocenters. The van der Waals surface area contributed by atoms with Crippen LogP contribution in [-0.4, -0.2) is 32.7 Å². The van der Waals surface area contributed by atoms with Gasteiger partial charge in [-0.25, -0.2) is 0 Å². The third-order valence-electron chi connectivity index (χ3n) is 4.35. The van der Waals surface area contributed by atoms with Gasteiger partial charge in [0.1, 0.15) is 0 Å². The van der Waals surface area contributed by atoms with Crippen LogP contribution in [0.4, 0.5) is 0 Å². The molecular formula is C17H25NO4. The minimum atomic E-state index is -0.379. The Hall–Kier alpha value is -1.75. The topological polar surface area (TPSA) is 70.8 Å². The standard InChI is InChI=1S/C17H25NO4/c1-20-14-9-12(10-15(21-2)16(14)22-3)13(19)11-17(18)7-5-4-6-8-17/h9-10H,4-8,11,18H2,1-3H3. The van der Waals surface area contributed by atoms with Crippen LogP contribution in [0.1, 0.15) is 48.9 Å². The number of ether oxygens (including phenoxy) is 3. The lowest BCUT2D eigenvalue weighted by Crippen LogP contribution is -2.43. The summed E-state index contributed by atoms with van der Waals surface area (Å²) < 4.78 is 15.9. The predicted molar refractivity (Wildman–Crippen MR) is 85.0 cm³/mol. The highest BCUT2D eigenvalue weighted by atomic mass is 16.5. The summed E-state index contributed by atoms with van der Waals surface area (Å²) in [5, 5.41) is 0. The van der Waals surface area contributed by atoms with Gasteiger partial charge < -0.3 is 19.9 Å². The molecule has 2 N–H and O–H groups in total. The number of methoxy groups -OCH3 is 3. The van der Waals surface area contributed by atoms with Crippen molar-refractivity contribution in [2.24, 2.45) is 5.73 Å². The summed E-state index contributed by atoms with van der Waals surface area (Å²) >= 11 is 0. The SMILES string of the molecule is COc1cc(C(=O)CC2(N)CCCCC2)cc(OC)c1OC. The number of rotatable bonds is 6. The van der Waals surface area contributed by atoms with E-state index in [-0.39, 0.29) is 11.3 Å². The molecule has 0 radical (unpaired) electrons. The van der Waals surface area contributed by atoms with Gasteiger partial charge in [0.05, 0.1) is 21.3 Å². The second-order valence-electron chi connectivity index (χ2n) is 5.94. The van der Waals surface area contributed by atoms with Crippen LogP contribution in [0.25, 0.3) is 0 Å². The molecule has 0 aromatic heterocycles. The molecule has 0 unspecified atom stereocenters. The van der Waals surface area contributed by atoms with E-state index in [9.17, 15) is 4.79 Å². The highest BCUT2D eigenvalue weighted by Crippen LogP contribution is 2.39. The fourth-order valence-electron chi connectivity index (χ4n) is 3.10. The Morgan fingerprint density at radius 2 is 1.59 bits per heavy atom. The van der Waals surface area contributed by atoms with Gasteiger partial charge in [0.15, 0.2) is 17.3 Å². The van der Waals surface area contributed by atoms with Crippen LogP contribution in [-0.2, 0) is 0 Å². The zero-order valence-corrected chi connectivity index (χ0v) is 13.6. The van der Waals surface area contributed by atoms with E-state index in [4.69, 9.17) is 19.9 Å². The third kappa shape index (κ3) is 3.53. The van der Waals surface area contributed by atoms with Gasteiger partial charge in [0.25, 0.3) is 0 Å². The molecule has 5 heteroatoms. The first kappa shape index (κ1) is 16.6. The van der Waals surface area contributed by atoms with Crippen LogP contribution >= 0.6 is 0 Å². The summed E-state index contributed by atoms with van der Waals surface area (Å²) in [7, 11) is 4.62. The molecule has 1 aromatic rings. The first-order valence-corrected chi connectivity index (χ1v) is 7.65. The second-order valence-corrected chi connectivity index (χ2v) is 5.94. The van der Waals surface area contributed by atoms with Crippen LogP contribution in [0.5, 0.6) is 17.2 Å². The van der Waals surface area contributed by atoms with Crippen molar-refractivity contribution in [1.29, 1.82) is 0 Å². The van der Waals surface area contributed by atoms with Crippen molar-refractivity contribution in [2.75, 3.05) is 21.3 Å². The number of nitrogens with two attached hydrogens (primary N) is 1. The van der Waals surface area contributed by atoms with Gasteiger partial charge in [-0.1, -0.05) is 19.3 Å². The van der Waals surface area contributed by atoms with Crippen molar-refractivity contribution in [1.82, 2.24) is 0 Å². The fourth-order valence-corrected chi connectivity index (χ4v) is 3.10. The van der Waals surface area contributed by atoms with Gasteiger partial charge in [-0.3, -0.25) is 4.79 Å². The molecule has 1 aliphatic carbocycles. The number of carbonyl (C=O) groups excluding carboxylic acids is 1. The number of carbonyl (C=O) groups is 1. The maximum atomic E-state index is 12.6. The molecular weight excluding hydrogens is 282 g/mol. The first-order chi connectivity index (χ1) is 10.5. The minimum absolute atomic E-state index is 0.0173. The zero-order valence-electron chi connectivity index (χ0n) is 13.6. The Kier molecular flexibility index (Phi) is 5.29. The highest BCUT2D eigenvalue weighted by Gasteiger charge is 2.31. The van der Waals surface area contributed by atoms with Crippen LogP contribution in [0, 0.1) is 0 Å². The summed E-state index contributed by atoms with van der Waals surface area (Å²) in [6.45, 7) is 0. The maximum absolute atomic E-state index is 12.6. The number of hydrogen-bond donors (Lipinski definition) is 1. The zero-order chi connectivity index (χ0) is 16.2. The van der Waals surface area contributed by atoms with Crippen molar-refractivity contribution in [2.45, 2.75) is 44.1 Å². The lowest BCUT2D eigenvalue weighted by Gasteiger charge is -2.32. The largest absolute Gasteiger partial charge is 0.493 e. The van der Waals surface area contributed by atoms with Crippen molar-refractivity contribution in [3.8, 4) is 17.2 Å². The third-order valence-corrected chi connectivity index (χ3v) is 4.35. The van der Waals surface area contributed by atoms with Crippen LogP contribution in [0.15, 0.2) is 12.1 Å². The molecule has 122 valence electrons. The average Bonchev–Trinajstić information content (AvgIpc) is 2.53. The summed E-state index contributed by atoms with van der Waals surface area (Å²) in [6.07, 6.45) is 5.56. The molecule has 1 fully saturated rings. The molecule has 0 heterocycles. The van der Waals surface area contributed by atoms with E-state index in [0.29, 0.717) is 29.2 Å². The van der Waals surface area contributed by atoms with E-state index in [1.165, 1.54) is 20.6 Å². The molecule has 0 saturated heterocycles. The van der Waals surface area contributed by atoms with Gasteiger partial charge in [-0.05, 0) is 25.0 Å². The summed E-state index contributed by atoms with van der Waals surface area (Å²) in [5.41, 5.74) is 6.55. The Bertz CT molecular complexity index is 510. The van der Waals surface area contributed by atoms with Crippen LogP contribution in [0.3, 0.4) is 0 Å². The lowest BCUT2D eigenvalue weighted by molar-refractivity contribution is 0.0934. The highest BCUT2D eigenvalue weighted by molar-refractivity contribution is 5.98. The fraction of sp³-hybridized carbons (Fsp3) is 0.588. The van der Waals surface area contributed by atoms with Crippen LogP contribution < -0.4 is 19.9 Å². The minimum Gasteiger partial charge on any atom is -0.493 e. The monoisotopic (exact) mass is 307 g/mol. The Morgan fingerprint density at radius 3 is 2.05 bits per heavy atom. The molecule has 1 aromatic carbocycles. The van der Waals surface area contributed by atoms with Gasteiger partial charge in [0.2, 0.25) is 5.75 Å². The molecule has 22 heavy (non-hydrogen) atoms. The van der Waals surface area contributed by atoms with Crippen molar-refractivity contribution >= 4 is 5.78 Å². The number of benzene rings is 1. The predicted octanol–water partition coefficient (Wildman–Crippen LogP) is 2.95. The molecule has 5 nitrogen and oxygen atoms in total. The molecule has 0 amide bonds. The number of Topliss-reactive ketones (excluding diaryl/α,β-unsaturated/α-hetero) is 1. The molecule has 0 bridgehead atoms. The van der Waals surface area contributed by atoms with Gasteiger partial charge in [0, 0.05) is 17.5 Å². The van der Waals surface area contributed by atoms with Crippen molar-refractivity contribution < 1.29 is 19.0 Å². The van der Waals surface area contributed by atoms with Gasteiger partial charge in [-0.15, -0.1) is 0 Å². The van der Waals surface area contributed by atoms with E-state index >= 15 is 0 Å². The van der Waals surface area contributed by atoms with Crippen molar-refractivity contribution in [3.05, 3.63) is 17.7 Å². The van der Waals surface area contributed by atoms with E-state index in [1.807, 2.05) is 0 Å². The van der Waals surface area contributed by atoms with Gasteiger partial charge in [-0.2, -0.15) is 0 Å².